The Balaban J connectivity index is 1.66. The van der Waals surface area contributed by atoms with E-state index in [0.29, 0.717) is 26.2 Å². The maximum atomic E-state index is 13.3. The monoisotopic (exact) mass is 377 g/mol. The van der Waals surface area contributed by atoms with Crippen molar-refractivity contribution in [2.24, 2.45) is 18.9 Å². The van der Waals surface area contributed by atoms with Gasteiger partial charge >= 0.3 is 0 Å². The first-order valence-corrected chi connectivity index (χ1v) is 9.77. The number of carbonyl (C=O) groups is 2. The largest absolute Gasteiger partial charge is 0.383 e. The predicted molar refractivity (Wildman–Crippen MR) is 101 cm³/mol. The van der Waals surface area contributed by atoms with Crippen LogP contribution >= 0.6 is 0 Å². The van der Waals surface area contributed by atoms with Gasteiger partial charge in [0.15, 0.2) is 0 Å². The maximum Gasteiger partial charge on any atom is 0.227 e. The van der Waals surface area contributed by atoms with E-state index in [1.165, 1.54) is 0 Å². The number of rotatable bonds is 6. The Morgan fingerprint density at radius 2 is 2.19 bits per heavy atom. The molecule has 3 heterocycles. The molecule has 0 aromatic carbocycles. The van der Waals surface area contributed by atoms with Gasteiger partial charge in [0.25, 0.3) is 0 Å². The van der Waals surface area contributed by atoms with Crippen LogP contribution in [0, 0.1) is 11.8 Å². The molecule has 4 atom stereocenters. The van der Waals surface area contributed by atoms with Crippen LogP contribution in [0.4, 0.5) is 0 Å². The molecule has 2 unspecified atom stereocenters. The van der Waals surface area contributed by atoms with E-state index < -0.39 is 0 Å². The topological polar surface area (TPSA) is 88.5 Å². The fourth-order valence-electron chi connectivity index (χ4n) is 4.18. The van der Waals surface area contributed by atoms with Crippen LogP contribution in [0.5, 0.6) is 0 Å². The van der Waals surface area contributed by atoms with E-state index in [-0.39, 0.29) is 35.6 Å². The van der Waals surface area contributed by atoms with Gasteiger partial charge < -0.3 is 20.3 Å². The number of carbonyl (C=O) groups excluding carboxylic acids is 2. The van der Waals surface area contributed by atoms with Crippen molar-refractivity contribution in [2.45, 2.75) is 31.7 Å². The standard InChI is InChI=1S/C19H31N5O3/c1-13-4-5-14(18(25)21-6-7-27-3)12-24(13)19(26)17-10-20-9-16(17)15-8-22-23(2)11-15/h8,11,13-14,16-17,20H,4-7,9-10,12H2,1-3H3,(H,21,25)/t13?,14?,16-,17+/m1/s1. The molecule has 2 N–H and O–H groups in total. The number of piperidine rings is 1. The minimum atomic E-state index is -0.145. The Morgan fingerprint density at radius 1 is 1.37 bits per heavy atom. The molecule has 0 spiro atoms. The molecular formula is C19H31N5O3. The van der Waals surface area contributed by atoms with Gasteiger partial charge in [-0.25, -0.2) is 0 Å². The smallest absolute Gasteiger partial charge is 0.227 e. The maximum absolute atomic E-state index is 13.3. The Bertz CT molecular complexity index is 662. The minimum absolute atomic E-state index is 0.0186. The lowest BCUT2D eigenvalue weighted by atomic mass is 9.86. The zero-order valence-electron chi connectivity index (χ0n) is 16.5. The third-order valence-electron chi connectivity index (χ3n) is 5.83. The van der Waals surface area contributed by atoms with E-state index in [9.17, 15) is 9.59 Å². The van der Waals surface area contributed by atoms with Crippen LogP contribution in [-0.4, -0.2) is 72.4 Å². The fourth-order valence-corrected chi connectivity index (χ4v) is 4.18. The number of aryl methyl sites for hydroxylation is 1. The van der Waals surface area contributed by atoms with E-state index in [4.69, 9.17) is 4.74 Å². The highest BCUT2D eigenvalue weighted by Gasteiger charge is 2.41. The van der Waals surface area contributed by atoms with Crippen LogP contribution in [0.3, 0.4) is 0 Å². The number of nitrogens with zero attached hydrogens (tertiary/aromatic N) is 3. The van der Waals surface area contributed by atoms with Crippen molar-refractivity contribution in [1.82, 2.24) is 25.3 Å². The highest BCUT2D eigenvalue weighted by atomic mass is 16.5. The van der Waals surface area contributed by atoms with Gasteiger partial charge in [0.2, 0.25) is 11.8 Å². The molecule has 0 radical (unpaired) electrons. The number of likely N-dealkylation sites (tertiary alicyclic amines) is 1. The Morgan fingerprint density at radius 3 is 2.89 bits per heavy atom. The van der Waals surface area contributed by atoms with Crippen molar-refractivity contribution in [2.75, 3.05) is 39.9 Å². The van der Waals surface area contributed by atoms with Gasteiger partial charge in [-0.2, -0.15) is 5.10 Å². The molecule has 0 saturated carbocycles. The first kappa shape index (κ1) is 19.8. The van der Waals surface area contributed by atoms with E-state index >= 15 is 0 Å². The summed E-state index contributed by atoms with van der Waals surface area (Å²) in [4.78, 5) is 27.7. The lowest BCUT2D eigenvalue weighted by Gasteiger charge is -2.39. The third-order valence-corrected chi connectivity index (χ3v) is 5.83. The number of hydrogen-bond acceptors (Lipinski definition) is 5. The van der Waals surface area contributed by atoms with Gasteiger partial charge in [0.05, 0.1) is 24.6 Å². The van der Waals surface area contributed by atoms with Crippen molar-refractivity contribution in [1.29, 1.82) is 0 Å². The summed E-state index contributed by atoms with van der Waals surface area (Å²) in [5.74, 6) is 0.0512. The first-order chi connectivity index (χ1) is 13.0. The summed E-state index contributed by atoms with van der Waals surface area (Å²) in [6, 6.07) is 0.163. The number of ether oxygens (including phenoxy) is 1. The average Bonchev–Trinajstić information content (AvgIpc) is 3.30. The van der Waals surface area contributed by atoms with E-state index in [2.05, 4.69) is 22.7 Å². The highest BCUT2D eigenvalue weighted by Crippen LogP contribution is 2.32. The Kier molecular flexibility index (Phi) is 6.49. The molecule has 8 nitrogen and oxygen atoms in total. The van der Waals surface area contributed by atoms with Crippen LogP contribution < -0.4 is 10.6 Å². The Hall–Kier alpha value is -1.93. The number of methoxy groups -OCH3 is 1. The molecule has 0 bridgehead atoms. The molecule has 3 rings (SSSR count). The van der Waals surface area contributed by atoms with E-state index in [1.54, 1.807) is 11.8 Å². The first-order valence-electron chi connectivity index (χ1n) is 9.77. The van der Waals surface area contributed by atoms with Gasteiger partial charge in [0, 0.05) is 58.5 Å². The summed E-state index contributed by atoms with van der Waals surface area (Å²) in [5, 5.41) is 10.5. The van der Waals surface area contributed by atoms with Crippen LogP contribution in [0.25, 0.3) is 0 Å². The molecule has 27 heavy (non-hydrogen) atoms. The molecule has 2 saturated heterocycles. The van der Waals surface area contributed by atoms with Gasteiger partial charge in [-0.05, 0) is 25.3 Å². The van der Waals surface area contributed by atoms with Crippen LogP contribution in [0.2, 0.25) is 0 Å². The number of aromatic nitrogens is 2. The zero-order chi connectivity index (χ0) is 19.4. The van der Waals surface area contributed by atoms with Crippen LogP contribution in [0.15, 0.2) is 12.4 Å². The quantitative estimate of drug-likeness (QED) is 0.687. The molecule has 0 aliphatic carbocycles. The van der Waals surface area contributed by atoms with Crippen molar-refractivity contribution >= 4 is 11.8 Å². The normalized spacial score (nSPS) is 28.3. The van der Waals surface area contributed by atoms with Crippen LogP contribution in [0.1, 0.15) is 31.2 Å². The van der Waals surface area contributed by atoms with Gasteiger partial charge in [0.1, 0.15) is 0 Å². The summed E-state index contributed by atoms with van der Waals surface area (Å²) >= 11 is 0. The lowest BCUT2D eigenvalue weighted by molar-refractivity contribution is -0.142. The molecular weight excluding hydrogens is 346 g/mol. The second-order valence-corrected chi connectivity index (χ2v) is 7.72. The number of amides is 2. The predicted octanol–water partition coefficient (Wildman–Crippen LogP) is 0.113. The summed E-state index contributed by atoms with van der Waals surface area (Å²) in [5.41, 5.74) is 1.10. The molecule has 1 aromatic heterocycles. The highest BCUT2D eigenvalue weighted by molar-refractivity contribution is 5.83. The molecule has 8 heteroatoms. The van der Waals surface area contributed by atoms with Crippen molar-refractivity contribution in [3.63, 3.8) is 0 Å². The molecule has 2 fully saturated rings. The number of hydrogen-bond donors (Lipinski definition) is 2. The van der Waals surface area contributed by atoms with Gasteiger partial charge in [-0.3, -0.25) is 14.3 Å². The summed E-state index contributed by atoms with van der Waals surface area (Å²) in [6.07, 6.45) is 5.51. The molecule has 2 aliphatic heterocycles. The third kappa shape index (κ3) is 4.50. The summed E-state index contributed by atoms with van der Waals surface area (Å²) in [7, 11) is 3.51. The molecule has 1 aromatic rings. The molecule has 150 valence electrons. The van der Waals surface area contributed by atoms with Crippen molar-refractivity contribution < 1.29 is 14.3 Å². The van der Waals surface area contributed by atoms with E-state index in [0.717, 1.165) is 24.9 Å². The van der Waals surface area contributed by atoms with Gasteiger partial charge in [-0.15, -0.1) is 0 Å². The fraction of sp³-hybridized carbons (Fsp3) is 0.737. The zero-order valence-corrected chi connectivity index (χ0v) is 16.5. The van der Waals surface area contributed by atoms with Crippen molar-refractivity contribution in [3.8, 4) is 0 Å². The SMILES string of the molecule is COCCNC(=O)C1CCC(C)N(C(=O)[C@H]2CNC[C@@H]2c2cnn(C)c2)C1. The van der Waals surface area contributed by atoms with Gasteiger partial charge in [-0.1, -0.05) is 0 Å². The summed E-state index contributed by atoms with van der Waals surface area (Å²) < 4.78 is 6.76. The van der Waals surface area contributed by atoms with Crippen LogP contribution in [-0.2, 0) is 21.4 Å². The average molecular weight is 377 g/mol. The lowest BCUT2D eigenvalue weighted by Crippen LogP contribution is -2.52. The molecule has 2 aliphatic rings. The minimum Gasteiger partial charge on any atom is -0.383 e. The second kappa shape index (κ2) is 8.84. The molecule has 2 amide bonds. The van der Waals surface area contributed by atoms with E-state index in [1.807, 2.05) is 24.3 Å². The number of nitrogens with one attached hydrogen (secondary N) is 2. The second-order valence-electron chi connectivity index (χ2n) is 7.72. The summed E-state index contributed by atoms with van der Waals surface area (Å²) in [6.45, 7) is 5.04. The Labute approximate surface area is 160 Å². The van der Waals surface area contributed by atoms with Crippen molar-refractivity contribution in [3.05, 3.63) is 18.0 Å².